The van der Waals surface area contributed by atoms with Gasteiger partial charge in [0.25, 0.3) is 0 Å². The molecule has 1 saturated heterocycles. The van der Waals surface area contributed by atoms with E-state index in [-0.39, 0.29) is 17.5 Å². The first-order chi connectivity index (χ1) is 7.36. The molecule has 0 radical (unpaired) electrons. The Balaban J connectivity index is 2.59. The lowest BCUT2D eigenvalue weighted by Crippen LogP contribution is -2.53. The zero-order valence-electron chi connectivity index (χ0n) is 11.0. The number of hydrogen-bond acceptors (Lipinski definition) is 3. The fourth-order valence-corrected chi connectivity index (χ4v) is 1.80. The van der Waals surface area contributed by atoms with Gasteiger partial charge in [0.05, 0.1) is 0 Å². The molecule has 0 bridgehead atoms. The van der Waals surface area contributed by atoms with Crippen LogP contribution in [-0.2, 0) is 0 Å². The van der Waals surface area contributed by atoms with Gasteiger partial charge in [-0.2, -0.15) is 0 Å². The topological polar surface area (TPSA) is 47.6 Å². The highest BCUT2D eigenvalue weighted by Crippen LogP contribution is 2.21. The van der Waals surface area contributed by atoms with Crippen molar-refractivity contribution in [2.45, 2.75) is 26.8 Å². The minimum atomic E-state index is 0.116. The normalized spacial score (nSPS) is 19.4. The van der Waals surface area contributed by atoms with E-state index in [0.717, 1.165) is 19.6 Å². The number of hydrazine groups is 1. The van der Waals surface area contributed by atoms with Crippen LogP contribution in [0.5, 0.6) is 0 Å². The highest BCUT2D eigenvalue weighted by molar-refractivity contribution is 5.76. The SMILES string of the molecule is CNN[C@H](CN1CCN(C)C1=O)C(C)(C)C. The van der Waals surface area contributed by atoms with Crippen LogP contribution in [-0.4, -0.2) is 55.6 Å². The Hall–Kier alpha value is -0.810. The average molecular weight is 228 g/mol. The van der Waals surface area contributed by atoms with Crippen LogP contribution in [0.4, 0.5) is 4.79 Å². The van der Waals surface area contributed by atoms with Gasteiger partial charge in [0.2, 0.25) is 0 Å². The number of nitrogens with one attached hydrogen (secondary N) is 2. The molecule has 1 aliphatic rings. The summed E-state index contributed by atoms with van der Waals surface area (Å²) in [5.74, 6) is 0. The van der Waals surface area contributed by atoms with E-state index in [2.05, 4.69) is 31.6 Å². The molecule has 1 aliphatic heterocycles. The monoisotopic (exact) mass is 228 g/mol. The third kappa shape index (κ3) is 3.09. The van der Waals surface area contributed by atoms with Crippen molar-refractivity contribution >= 4 is 6.03 Å². The van der Waals surface area contributed by atoms with Crippen LogP contribution in [0.1, 0.15) is 20.8 Å². The van der Waals surface area contributed by atoms with E-state index in [4.69, 9.17) is 0 Å². The fourth-order valence-electron chi connectivity index (χ4n) is 1.80. The van der Waals surface area contributed by atoms with Crippen LogP contribution in [0.15, 0.2) is 0 Å². The van der Waals surface area contributed by atoms with Crippen molar-refractivity contribution in [2.24, 2.45) is 5.41 Å². The Morgan fingerprint density at radius 2 is 2.00 bits per heavy atom. The number of hydrogen-bond donors (Lipinski definition) is 2. The number of nitrogens with zero attached hydrogens (tertiary/aromatic N) is 2. The molecule has 16 heavy (non-hydrogen) atoms. The summed E-state index contributed by atoms with van der Waals surface area (Å²) in [5.41, 5.74) is 6.31. The summed E-state index contributed by atoms with van der Waals surface area (Å²) in [7, 11) is 3.70. The van der Waals surface area contributed by atoms with Crippen molar-refractivity contribution < 1.29 is 4.79 Å². The van der Waals surface area contributed by atoms with Gasteiger partial charge in [0, 0.05) is 32.7 Å². The maximum atomic E-state index is 11.8. The van der Waals surface area contributed by atoms with Crippen molar-refractivity contribution in [3.05, 3.63) is 0 Å². The lowest BCUT2D eigenvalue weighted by molar-refractivity contribution is 0.169. The number of carbonyl (C=O) groups is 1. The Labute approximate surface area is 98.1 Å². The van der Waals surface area contributed by atoms with E-state index in [9.17, 15) is 4.79 Å². The van der Waals surface area contributed by atoms with Crippen LogP contribution in [0.3, 0.4) is 0 Å². The van der Waals surface area contributed by atoms with Crippen molar-refractivity contribution in [2.75, 3.05) is 33.7 Å². The summed E-state index contributed by atoms with van der Waals surface area (Å²) in [5, 5.41) is 0. The molecule has 0 unspecified atom stereocenters. The number of carbonyl (C=O) groups excluding carboxylic acids is 1. The molecule has 0 aromatic heterocycles. The molecule has 1 heterocycles. The zero-order valence-corrected chi connectivity index (χ0v) is 11.0. The highest BCUT2D eigenvalue weighted by Gasteiger charge is 2.32. The summed E-state index contributed by atoms with van der Waals surface area (Å²) in [4.78, 5) is 15.4. The summed E-state index contributed by atoms with van der Waals surface area (Å²) in [6.45, 7) is 8.92. The third-order valence-electron chi connectivity index (χ3n) is 3.07. The lowest BCUT2D eigenvalue weighted by Gasteiger charge is -2.34. The van der Waals surface area contributed by atoms with Crippen molar-refractivity contribution in [1.29, 1.82) is 0 Å². The molecular weight excluding hydrogens is 204 g/mol. The van der Waals surface area contributed by atoms with E-state index >= 15 is 0 Å². The molecule has 2 N–H and O–H groups in total. The van der Waals surface area contributed by atoms with Gasteiger partial charge in [0.1, 0.15) is 0 Å². The molecule has 2 amide bonds. The van der Waals surface area contributed by atoms with Gasteiger partial charge in [-0.15, -0.1) is 0 Å². The maximum Gasteiger partial charge on any atom is 0.319 e. The van der Waals surface area contributed by atoms with Crippen molar-refractivity contribution in [3.63, 3.8) is 0 Å². The molecule has 1 fully saturated rings. The first-order valence-corrected chi connectivity index (χ1v) is 5.78. The largest absolute Gasteiger partial charge is 0.326 e. The van der Waals surface area contributed by atoms with Crippen LogP contribution in [0.25, 0.3) is 0 Å². The Bertz CT molecular complexity index is 249. The summed E-state index contributed by atoms with van der Waals surface area (Å²) < 4.78 is 0. The van der Waals surface area contributed by atoms with E-state index in [1.807, 2.05) is 19.0 Å². The first kappa shape index (κ1) is 13.3. The number of likely N-dealkylation sites (N-methyl/N-ethyl adjacent to an activating group) is 1. The zero-order chi connectivity index (χ0) is 12.3. The number of amides is 2. The average Bonchev–Trinajstić information content (AvgIpc) is 2.47. The second kappa shape index (κ2) is 5.01. The van der Waals surface area contributed by atoms with E-state index < -0.39 is 0 Å². The number of urea groups is 1. The molecule has 5 nitrogen and oxygen atoms in total. The molecule has 0 aliphatic carbocycles. The summed E-state index contributed by atoms with van der Waals surface area (Å²) in [6, 6.07) is 0.375. The Morgan fingerprint density at radius 3 is 2.38 bits per heavy atom. The minimum Gasteiger partial charge on any atom is -0.326 e. The molecule has 0 aromatic carbocycles. The Morgan fingerprint density at radius 1 is 1.38 bits per heavy atom. The van der Waals surface area contributed by atoms with Crippen LogP contribution in [0.2, 0.25) is 0 Å². The second-order valence-electron chi connectivity index (χ2n) is 5.46. The highest BCUT2D eigenvalue weighted by atomic mass is 16.2. The number of rotatable bonds is 4. The van der Waals surface area contributed by atoms with Gasteiger partial charge in [-0.1, -0.05) is 20.8 Å². The van der Waals surface area contributed by atoms with Gasteiger partial charge < -0.3 is 9.80 Å². The predicted octanol–water partition coefficient (Wildman–Crippen LogP) is 0.493. The smallest absolute Gasteiger partial charge is 0.319 e. The molecule has 0 spiro atoms. The standard InChI is InChI=1S/C11H24N4O/c1-11(2,3)9(13-12-4)8-15-7-6-14(5)10(15)16/h9,12-13H,6-8H2,1-5H3/t9-/m1/s1. The van der Waals surface area contributed by atoms with E-state index in [1.54, 1.807) is 4.90 Å². The second-order valence-corrected chi connectivity index (χ2v) is 5.46. The quantitative estimate of drug-likeness (QED) is 0.689. The lowest BCUT2D eigenvalue weighted by atomic mass is 9.87. The van der Waals surface area contributed by atoms with E-state index in [1.165, 1.54) is 0 Å². The first-order valence-electron chi connectivity index (χ1n) is 5.78. The molecule has 94 valence electrons. The Kier molecular flexibility index (Phi) is 4.15. The maximum absolute atomic E-state index is 11.8. The van der Waals surface area contributed by atoms with Crippen LogP contribution >= 0.6 is 0 Å². The summed E-state index contributed by atoms with van der Waals surface area (Å²) >= 11 is 0. The van der Waals surface area contributed by atoms with Gasteiger partial charge in [0.15, 0.2) is 0 Å². The van der Waals surface area contributed by atoms with Crippen molar-refractivity contribution in [1.82, 2.24) is 20.7 Å². The van der Waals surface area contributed by atoms with Crippen molar-refractivity contribution in [3.8, 4) is 0 Å². The molecule has 0 aromatic rings. The van der Waals surface area contributed by atoms with E-state index in [0.29, 0.717) is 0 Å². The fraction of sp³-hybridized carbons (Fsp3) is 0.909. The van der Waals surface area contributed by atoms with Gasteiger partial charge in [-0.05, 0) is 12.5 Å². The molecule has 0 saturated carbocycles. The molecule has 1 atom stereocenters. The molecule has 1 rings (SSSR count). The van der Waals surface area contributed by atoms with Crippen LogP contribution in [0, 0.1) is 5.41 Å². The third-order valence-corrected chi connectivity index (χ3v) is 3.07. The van der Waals surface area contributed by atoms with Gasteiger partial charge in [-0.25, -0.2) is 4.79 Å². The van der Waals surface area contributed by atoms with Crippen LogP contribution < -0.4 is 10.9 Å². The molecule has 5 heteroatoms. The summed E-state index contributed by atoms with van der Waals surface area (Å²) in [6.07, 6.45) is 0. The van der Waals surface area contributed by atoms with Gasteiger partial charge in [-0.3, -0.25) is 10.9 Å². The minimum absolute atomic E-state index is 0.116. The molecular formula is C11H24N4O. The van der Waals surface area contributed by atoms with Gasteiger partial charge >= 0.3 is 6.03 Å². The predicted molar refractivity (Wildman–Crippen MR) is 65.0 cm³/mol.